The van der Waals surface area contributed by atoms with Gasteiger partial charge in [-0.15, -0.1) is 4.37 Å². The number of nitrogens with zero attached hydrogens (tertiary/aromatic N) is 2. The second-order valence-electron chi connectivity index (χ2n) is 4.48. The highest BCUT2D eigenvalue weighted by atomic mass is 32.1. The van der Waals surface area contributed by atoms with E-state index in [1.54, 1.807) is 0 Å². The van der Waals surface area contributed by atoms with Gasteiger partial charge in [0.2, 0.25) is 5.88 Å². The molecule has 0 amide bonds. The van der Waals surface area contributed by atoms with Crippen molar-refractivity contribution >= 4 is 11.7 Å². The van der Waals surface area contributed by atoms with Crippen LogP contribution in [0.1, 0.15) is 26.7 Å². The monoisotopic (exact) mass is 275 g/mol. The van der Waals surface area contributed by atoms with E-state index in [9.17, 15) is 5.11 Å². The quantitative estimate of drug-likeness (QED) is 0.605. The number of hydrogen-bond donors (Lipinski definition) is 3. The number of nitrogens with one attached hydrogen (secondary N) is 1. The Morgan fingerprint density at radius 3 is 2.94 bits per heavy atom. The van der Waals surface area contributed by atoms with Gasteiger partial charge in [0.25, 0.3) is 0 Å². The Balaban J connectivity index is 2.25. The fourth-order valence-electron chi connectivity index (χ4n) is 1.46. The zero-order chi connectivity index (χ0) is 13.4. The molecular weight excluding hydrogens is 254 g/mol. The number of ether oxygens (including phenoxy) is 1. The molecule has 0 aliphatic rings. The Bertz CT molecular complexity index is 323. The Morgan fingerprint density at radius 2 is 2.39 bits per heavy atom. The van der Waals surface area contributed by atoms with Crippen molar-refractivity contribution in [1.82, 2.24) is 14.1 Å². The smallest absolute Gasteiger partial charge is 0.245 e. The van der Waals surface area contributed by atoms with E-state index in [1.807, 2.05) is 13.8 Å². The molecule has 6 nitrogen and oxygen atoms in total. The molecule has 0 fully saturated rings. The molecule has 0 bridgehead atoms. The van der Waals surface area contributed by atoms with Crippen LogP contribution >= 0.6 is 11.7 Å². The van der Waals surface area contributed by atoms with Crippen molar-refractivity contribution in [2.24, 2.45) is 0 Å². The molecule has 0 aromatic carbocycles. The Morgan fingerprint density at radius 1 is 1.61 bits per heavy atom. The lowest BCUT2D eigenvalue weighted by Gasteiger charge is -2.30. The number of β-amino-alcohol motifs (C(OH)–C–C–N with tert-alkyl or cyclic N) is 1. The molecule has 1 aromatic heterocycles. The summed E-state index contributed by atoms with van der Waals surface area (Å²) >= 11 is 1.07. The molecule has 0 saturated carbocycles. The van der Waals surface area contributed by atoms with E-state index >= 15 is 0 Å². The molecule has 7 heteroatoms. The van der Waals surface area contributed by atoms with E-state index in [0.29, 0.717) is 18.8 Å². The minimum Gasteiger partial charge on any atom is -0.473 e. The van der Waals surface area contributed by atoms with E-state index in [0.717, 1.165) is 18.1 Å². The molecule has 0 radical (unpaired) electrons. The van der Waals surface area contributed by atoms with Crippen LogP contribution in [0.4, 0.5) is 0 Å². The van der Waals surface area contributed by atoms with Crippen LogP contribution in [-0.2, 0) is 0 Å². The number of rotatable bonds is 9. The lowest BCUT2D eigenvalue weighted by atomic mass is 9.95. The maximum absolute atomic E-state index is 9.78. The molecule has 0 aliphatic heterocycles. The second-order valence-corrected chi connectivity index (χ2v) is 5.04. The van der Waals surface area contributed by atoms with E-state index in [-0.39, 0.29) is 18.8 Å². The first-order chi connectivity index (χ1) is 8.59. The van der Waals surface area contributed by atoms with Gasteiger partial charge in [-0.3, -0.25) is 0 Å². The van der Waals surface area contributed by atoms with Crippen molar-refractivity contribution in [1.29, 1.82) is 0 Å². The average Bonchev–Trinajstić information content (AvgIpc) is 2.87. The van der Waals surface area contributed by atoms with Gasteiger partial charge in [-0.1, -0.05) is 6.92 Å². The third-order valence-electron chi connectivity index (χ3n) is 2.97. The zero-order valence-electron chi connectivity index (χ0n) is 10.8. The van der Waals surface area contributed by atoms with Crippen LogP contribution in [0.15, 0.2) is 6.20 Å². The summed E-state index contributed by atoms with van der Waals surface area (Å²) in [5.41, 5.74) is -0.155. The molecule has 18 heavy (non-hydrogen) atoms. The van der Waals surface area contributed by atoms with E-state index in [2.05, 4.69) is 14.1 Å². The minimum atomic E-state index is -0.615. The third kappa shape index (κ3) is 5.26. The third-order valence-corrected chi connectivity index (χ3v) is 3.43. The number of aromatic nitrogens is 2. The van der Waals surface area contributed by atoms with Crippen LogP contribution in [-0.4, -0.2) is 50.4 Å². The molecule has 3 N–H and O–H groups in total. The fraction of sp³-hybridized carbons (Fsp3) is 0.818. The fourth-order valence-corrected chi connectivity index (χ4v) is 1.83. The summed E-state index contributed by atoms with van der Waals surface area (Å²) < 4.78 is 13.0. The molecule has 1 rings (SSSR count). The van der Waals surface area contributed by atoms with Gasteiger partial charge in [0, 0.05) is 18.7 Å². The highest BCUT2D eigenvalue weighted by Crippen LogP contribution is 2.13. The van der Waals surface area contributed by atoms with Gasteiger partial charge < -0.3 is 20.3 Å². The normalized spacial score (nSPS) is 16.2. The Hall–Kier alpha value is -0.760. The molecule has 1 heterocycles. The summed E-state index contributed by atoms with van der Waals surface area (Å²) in [5, 5.41) is 22.0. The zero-order valence-corrected chi connectivity index (χ0v) is 11.6. The summed E-state index contributed by atoms with van der Waals surface area (Å²) in [6, 6.07) is 0. The molecule has 2 atom stereocenters. The predicted octanol–water partition coefficient (Wildman–Crippen LogP) is 0.418. The van der Waals surface area contributed by atoms with Gasteiger partial charge in [0.15, 0.2) is 0 Å². The molecule has 0 spiro atoms. The topological polar surface area (TPSA) is 87.5 Å². The maximum Gasteiger partial charge on any atom is 0.245 e. The molecular formula is C11H21N3O3S. The van der Waals surface area contributed by atoms with Crippen molar-refractivity contribution in [3.05, 3.63) is 6.20 Å². The first-order valence-electron chi connectivity index (χ1n) is 6.04. The average molecular weight is 275 g/mol. The van der Waals surface area contributed by atoms with Gasteiger partial charge in [-0.25, -0.2) is 0 Å². The van der Waals surface area contributed by atoms with Crippen molar-refractivity contribution < 1.29 is 14.9 Å². The molecule has 0 aliphatic carbocycles. The summed E-state index contributed by atoms with van der Waals surface area (Å²) in [7, 11) is 0. The minimum absolute atomic E-state index is 0.133. The van der Waals surface area contributed by atoms with E-state index in [4.69, 9.17) is 9.84 Å². The van der Waals surface area contributed by atoms with Crippen LogP contribution in [0, 0.1) is 0 Å². The highest BCUT2D eigenvalue weighted by molar-refractivity contribution is 6.99. The predicted molar refractivity (Wildman–Crippen MR) is 69.8 cm³/mol. The van der Waals surface area contributed by atoms with Crippen LogP contribution < -0.4 is 10.1 Å². The summed E-state index contributed by atoms with van der Waals surface area (Å²) in [4.78, 5) is 0. The summed E-state index contributed by atoms with van der Waals surface area (Å²) in [6.07, 6.45) is 2.45. The number of aliphatic hydroxyl groups is 2. The summed E-state index contributed by atoms with van der Waals surface area (Å²) in [6.45, 7) is 4.81. The van der Waals surface area contributed by atoms with E-state index in [1.165, 1.54) is 6.20 Å². The SMILES string of the molecule is CCC(C)(CCO)NCC(O)COc1cnsn1. The van der Waals surface area contributed by atoms with E-state index < -0.39 is 6.10 Å². The Labute approximate surface area is 111 Å². The lowest BCUT2D eigenvalue weighted by Crippen LogP contribution is -2.47. The molecule has 1 aromatic rings. The first-order valence-corrected chi connectivity index (χ1v) is 6.77. The van der Waals surface area contributed by atoms with Gasteiger partial charge in [-0.2, -0.15) is 4.37 Å². The summed E-state index contributed by atoms with van der Waals surface area (Å²) in [5.74, 6) is 0.438. The lowest BCUT2D eigenvalue weighted by molar-refractivity contribution is 0.0918. The molecule has 104 valence electrons. The standard InChI is InChI=1S/C11H21N3O3S/c1-3-11(2,4-5-15)12-6-9(16)8-17-10-7-13-18-14-10/h7,9,12,15-16H,3-6,8H2,1-2H3. The van der Waals surface area contributed by atoms with Gasteiger partial charge in [0.05, 0.1) is 11.7 Å². The van der Waals surface area contributed by atoms with Gasteiger partial charge >= 0.3 is 0 Å². The maximum atomic E-state index is 9.78. The van der Waals surface area contributed by atoms with Crippen molar-refractivity contribution in [2.45, 2.75) is 38.3 Å². The van der Waals surface area contributed by atoms with Crippen LogP contribution in [0.25, 0.3) is 0 Å². The second kappa shape index (κ2) is 7.63. The largest absolute Gasteiger partial charge is 0.473 e. The van der Waals surface area contributed by atoms with Crippen LogP contribution in [0.2, 0.25) is 0 Å². The van der Waals surface area contributed by atoms with Gasteiger partial charge in [-0.05, 0) is 19.8 Å². The first kappa shape index (κ1) is 15.3. The van der Waals surface area contributed by atoms with Crippen molar-refractivity contribution in [3.63, 3.8) is 0 Å². The van der Waals surface area contributed by atoms with Crippen molar-refractivity contribution in [2.75, 3.05) is 19.8 Å². The van der Waals surface area contributed by atoms with Crippen LogP contribution in [0.3, 0.4) is 0 Å². The highest BCUT2D eigenvalue weighted by Gasteiger charge is 2.21. The number of aliphatic hydroxyl groups excluding tert-OH is 2. The molecule has 0 saturated heterocycles. The Kier molecular flexibility index (Phi) is 6.48. The van der Waals surface area contributed by atoms with Crippen molar-refractivity contribution in [3.8, 4) is 5.88 Å². The number of hydrogen-bond acceptors (Lipinski definition) is 7. The van der Waals surface area contributed by atoms with Crippen LogP contribution in [0.5, 0.6) is 5.88 Å². The van der Waals surface area contributed by atoms with Gasteiger partial charge in [0.1, 0.15) is 18.9 Å². The molecule has 2 unspecified atom stereocenters.